The summed E-state index contributed by atoms with van der Waals surface area (Å²) in [7, 11) is -2.19. The smallest absolute Gasteiger partial charge is 0.257 e. The Balaban J connectivity index is 1.61. The van der Waals surface area contributed by atoms with Gasteiger partial charge >= 0.3 is 0 Å². The second kappa shape index (κ2) is 10.1. The van der Waals surface area contributed by atoms with Crippen molar-refractivity contribution >= 4 is 15.9 Å². The van der Waals surface area contributed by atoms with Gasteiger partial charge in [0.15, 0.2) is 0 Å². The molecular formula is C22H35N3O4S. The number of hydrogen-bond donors (Lipinski definition) is 1. The first-order valence-electron chi connectivity index (χ1n) is 11.0. The molecule has 0 unspecified atom stereocenters. The Morgan fingerprint density at radius 1 is 1.17 bits per heavy atom. The molecule has 0 saturated carbocycles. The van der Waals surface area contributed by atoms with Crippen LogP contribution in [0.4, 0.5) is 0 Å². The number of amides is 1. The van der Waals surface area contributed by atoms with Gasteiger partial charge < -0.3 is 14.5 Å². The molecule has 0 spiro atoms. The third-order valence-corrected chi connectivity index (χ3v) is 7.45. The number of rotatable bonds is 8. The molecule has 168 valence electrons. The minimum atomic E-state index is -3.68. The van der Waals surface area contributed by atoms with Crippen LogP contribution in [0.1, 0.15) is 49.9 Å². The van der Waals surface area contributed by atoms with E-state index in [1.807, 2.05) is 0 Å². The van der Waals surface area contributed by atoms with Gasteiger partial charge in [-0.3, -0.25) is 4.79 Å². The second-order valence-corrected chi connectivity index (χ2v) is 10.6. The zero-order valence-electron chi connectivity index (χ0n) is 18.4. The molecule has 1 aromatic rings. The largest absolute Gasteiger partial charge is 0.496 e. The zero-order chi connectivity index (χ0) is 21.7. The highest BCUT2D eigenvalue weighted by molar-refractivity contribution is 7.89. The Bertz CT molecular complexity index is 827. The van der Waals surface area contributed by atoms with E-state index in [0.717, 1.165) is 38.9 Å². The van der Waals surface area contributed by atoms with Crippen LogP contribution in [0.3, 0.4) is 0 Å². The van der Waals surface area contributed by atoms with Crippen LogP contribution in [-0.2, 0) is 10.0 Å². The van der Waals surface area contributed by atoms with E-state index in [1.54, 1.807) is 11.0 Å². The fraction of sp³-hybridized carbons (Fsp3) is 0.682. The maximum atomic E-state index is 12.8. The van der Waals surface area contributed by atoms with Crippen LogP contribution >= 0.6 is 0 Å². The summed E-state index contributed by atoms with van der Waals surface area (Å²) in [5.41, 5.74) is 0.304. The topological polar surface area (TPSA) is 79.0 Å². The SMILES string of the molecule is COc1ccc(S(=O)(=O)NCCCN2C[C@H](C)C[C@H](C)C2)cc1C(=O)N1CCCC1. The molecule has 1 amide bonds. The molecule has 2 aliphatic heterocycles. The Labute approximate surface area is 180 Å². The molecule has 7 nitrogen and oxygen atoms in total. The highest BCUT2D eigenvalue weighted by Gasteiger charge is 2.25. The molecule has 0 aromatic heterocycles. The van der Waals surface area contributed by atoms with Gasteiger partial charge in [0.1, 0.15) is 5.75 Å². The van der Waals surface area contributed by atoms with Gasteiger partial charge in [0, 0.05) is 32.7 Å². The number of ether oxygens (including phenoxy) is 1. The van der Waals surface area contributed by atoms with Crippen LogP contribution in [0.15, 0.2) is 23.1 Å². The van der Waals surface area contributed by atoms with E-state index in [0.29, 0.717) is 42.8 Å². The summed E-state index contributed by atoms with van der Waals surface area (Å²) in [5, 5.41) is 0. The monoisotopic (exact) mass is 437 g/mol. The van der Waals surface area contributed by atoms with Crippen molar-refractivity contribution in [2.24, 2.45) is 11.8 Å². The molecule has 2 atom stereocenters. The highest BCUT2D eigenvalue weighted by Crippen LogP contribution is 2.25. The van der Waals surface area contributed by atoms with Crippen molar-refractivity contribution in [1.29, 1.82) is 0 Å². The predicted octanol–water partition coefficient (Wildman–Crippen LogP) is 2.58. The van der Waals surface area contributed by atoms with E-state index in [2.05, 4.69) is 23.5 Å². The number of sulfonamides is 1. The van der Waals surface area contributed by atoms with Crippen molar-refractivity contribution in [1.82, 2.24) is 14.5 Å². The van der Waals surface area contributed by atoms with Crippen molar-refractivity contribution < 1.29 is 17.9 Å². The number of carbonyl (C=O) groups excluding carboxylic acids is 1. The van der Waals surface area contributed by atoms with Crippen LogP contribution in [-0.4, -0.2) is 70.5 Å². The molecule has 2 aliphatic rings. The Hall–Kier alpha value is -1.64. The number of methoxy groups -OCH3 is 1. The molecule has 2 saturated heterocycles. The minimum absolute atomic E-state index is 0.103. The normalized spacial score (nSPS) is 23.0. The molecule has 30 heavy (non-hydrogen) atoms. The summed E-state index contributed by atoms with van der Waals surface area (Å²) in [6.45, 7) is 9.37. The summed E-state index contributed by atoms with van der Waals surface area (Å²) in [5.74, 6) is 1.61. The maximum absolute atomic E-state index is 12.8. The molecule has 2 fully saturated rings. The quantitative estimate of drug-likeness (QED) is 0.633. The van der Waals surface area contributed by atoms with E-state index in [9.17, 15) is 13.2 Å². The number of hydrogen-bond acceptors (Lipinski definition) is 5. The van der Waals surface area contributed by atoms with Gasteiger partial charge in [-0.2, -0.15) is 0 Å². The number of benzene rings is 1. The number of piperidine rings is 1. The fourth-order valence-electron chi connectivity index (χ4n) is 4.68. The van der Waals surface area contributed by atoms with Gasteiger partial charge in [0.05, 0.1) is 17.6 Å². The maximum Gasteiger partial charge on any atom is 0.257 e. The summed E-state index contributed by atoms with van der Waals surface area (Å²) < 4.78 is 33.6. The van der Waals surface area contributed by atoms with E-state index in [-0.39, 0.29) is 10.8 Å². The number of nitrogens with zero attached hydrogens (tertiary/aromatic N) is 2. The third-order valence-electron chi connectivity index (χ3n) is 5.99. The fourth-order valence-corrected chi connectivity index (χ4v) is 5.78. The lowest BCUT2D eigenvalue weighted by atomic mass is 9.92. The van der Waals surface area contributed by atoms with E-state index in [4.69, 9.17) is 4.74 Å². The summed E-state index contributed by atoms with van der Waals surface area (Å²) in [6, 6.07) is 4.50. The average molecular weight is 438 g/mol. The van der Waals surface area contributed by atoms with Crippen molar-refractivity contribution in [3.8, 4) is 5.75 Å². The van der Waals surface area contributed by atoms with Crippen molar-refractivity contribution in [3.05, 3.63) is 23.8 Å². The van der Waals surface area contributed by atoms with Crippen molar-refractivity contribution in [2.75, 3.05) is 46.4 Å². The second-order valence-electron chi connectivity index (χ2n) is 8.82. The summed E-state index contributed by atoms with van der Waals surface area (Å²) in [6.07, 6.45) is 3.97. The standard InChI is InChI=1S/C22H35N3O4S/c1-17-13-18(2)16-24(15-17)10-6-9-23-30(27,28)19-7-8-21(29-3)20(14-19)22(26)25-11-4-5-12-25/h7-8,14,17-18,23H,4-6,9-13,15-16H2,1-3H3/t17-,18+. The van der Waals surface area contributed by atoms with Gasteiger partial charge in [0.2, 0.25) is 10.0 Å². The molecule has 1 N–H and O–H groups in total. The zero-order valence-corrected chi connectivity index (χ0v) is 19.2. The third kappa shape index (κ3) is 5.74. The highest BCUT2D eigenvalue weighted by atomic mass is 32.2. The van der Waals surface area contributed by atoms with Crippen LogP contribution in [0, 0.1) is 11.8 Å². The minimum Gasteiger partial charge on any atom is -0.496 e. The molecule has 8 heteroatoms. The lowest BCUT2D eigenvalue weighted by molar-refractivity contribution is 0.0789. The molecule has 0 aliphatic carbocycles. The Morgan fingerprint density at radius 2 is 1.83 bits per heavy atom. The molecule has 0 radical (unpaired) electrons. The van der Waals surface area contributed by atoms with Gasteiger partial charge in [-0.1, -0.05) is 13.8 Å². The number of nitrogens with one attached hydrogen (secondary N) is 1. The first-order valence-corrected chi connectivity index (χ1v) is 12.5. The average Bonchev–Trinajstić information content (AvgIpc) is 3.24. The van der Waals surface area contributed by atoms with Crippen molar-refractivity contribution in [2.45, 2.75) is 44.4 Å². The summed E-state index contributed by atoms with van der Waals surface area (Å²) >= 11 is 0. The summed E-state index contributed by atoms with van der Waals surface area (Å²) in [4.78, 5) is 17.1. The van der Waals surface area contributed by atoms with Crippen LogP contribution in [0.5, 0.6) is 5.75 Å². The first-order chi connectivity index (χ1) is 14.3. The van der Waals surface area contributed by atoms with Gasteiger partial charge in [0.25, 0.3) is 5.91 Å². The van der Waals surface area contributed by atoms with E-state index >= 15 is 0 Å². The predicted molar refractivity (Wildman–Crippen MR) is 117 cm³/mol. The molecular weight excluding hydrogens is 402 g/mol. The van der Waals surface area contributed by atoms with Gasteiger partial charge in [-0.05, 0) is 62.3 Å². The first kappa shape index (κ1) is 23.0. The molecule has 2 heterocycles. The lowest BCUT2D eigenvalue weighted by Crippen LogP contribution is -2.40. The number of carbonyl (C=O) groups is 1. The van der Waals surface area contributed by atoms with Crippen molar-refractivity contribution in [3.63, 3.8) is 0 Å². The Kier molecular flexibility index (Phi) is 7.76. The lowest BCUT2D eigenvalue weighted by Gasteiger charge is -2.34. The van der Waals surface area contributed by atoms with Gasteiger partial charge in [-0.25, -0.2) is 13.1 Å². The van der Waals surface area contributed by atoms with Crippen LogP contribution < -0.4 is 9.46 Å². The van der Waals surface area contributed by atoms with Crippen LogP contribution in [0.25, 0.3) is 0 Å². The van der Waals surface area contributed by atoms with Crippen LogP contribution in [0.2, 0.25) is 0 Å². The van der Waals surface area contributed by atoms with E-state index < -0.39 is 10.0 Å². The molecule has 0 bridgehead atoms. The van der Waals surface area contributed by atoms with E-state index in [1.165, 1.54) is 25.7 Å². The Morgan fingerprint density at radius 3 is 2.47 bits per heavy atom. The molecule has 3 rings (SSSR count). The number of likely N-dealkylation sites (tertiary alicyclic amines) is 2. The van der Waals surface area contributed by atoms with Gasteiger partial charge in [-0.15, -0.1) is 0 Å². The molecule has 1 aromatic carbocycles.